The maximum Gasteiger partial charge on any atom is 0.255 e. The van der Waals surface area contributed by atoms with Crippen molar-refractivity contribution in [2.45, 2.75) is 37.6 Å². The summed E-state index contributed by atoms with van der Waals surface area (Å²) in [5, 5.41) is 12.3. The highest BCUT2D eigenvalue weighted by atomic mass is 16.5. The van der Waals surface area contributed by atoms with Gasteiger partial charge >= 0.3 is 0 Å². The Morgan fingerprint density at radius 1 is 1.20 bits per heavy atom. The van der Waals surface area contributed by atoms with Gasteiger partial charge in [-0.25, -0.2) is 0 Å². The molecule has 1 heterocycles. The molecule has 0 radical (unpaired) electrons. The summed E-state index contributed by atoms with van der Waals surface area (Å²) in [6, 6.07) is 15.4. The Kier molecular flexibility index (Phi) is 3.36. The van der Waals surface area contributed by atoms with Gasteiger partial charge in [0.05, 0.1) is 29.3 Å². The van der Waals surface area contributed by atoms with E-state index in [9.17, 15) is 4.79 Å². The topological polar surface area (TPSA) is 62.1 Å². The van der Waals surface area contributed by atoms with Gasteiger partial charge < -0.3 is 10.1 Å². The first-order valence-electron chi connectivity index (χ1n) is 8.55. The van der Waals surface area contributed by atoms with E-state index in [1.54, 1.807) is 6.07 Å². The number of nitrogens with zero attached hydrogens (tertiary/aromatic N) is 1. The molecule has 0 saturated heterocycles. The van der Waals surface area contributed by atoms with Crippen molar-refractivity contribution in [3.05, 3.63) is 64.7 Å². The molecule has 0 aromatic heterocycles. The largest absolute Gasteiger partial charge is 0.492 e. The van der Waals surface area contributed by atoms with Gasteiger partial charge in [0.2, 0.25) is 0 Å². The zero-order chi connectivity index (χ0) is 17.7. The Hall–Kier alpha value is -2.80. The van der Waals surface area contributed by atoms with Crippen LogP contribution in [0.1, 0.15) is 53.7 Å². The van der Waals surface area contributed by atoms with Gasteiger partial charge in [-0.1, -0.05) is 38.1 Å². The highest BCUT2D eigenvalue weighted by molar-refractivity contribution is 5.98. The van der Waals surface area contributed by atoms with E-state index < -0.39 is 0 Å². The second-order valence-electron chi connectivity index (χ2n) is 7.58. The number of benzene rings is 2. The minimum atomic E-state index is -0.360. The summed E-state index contributed by atoms with van der Waals surface area (Å²) in [6.07, 6.45) is 1.77. The number of carbonyl (C=O) groups excluding carboxylic acids is 1. The van der Waals surface area contributed by atoms with Gasteiger partial charge in [-0.3, -0.25) is 4.79 Å². The van der Waals surface area contributed by atoms with Crippen LogP contribution in [-0.4, -0.2) is 12.5 Å². The summed E-state index contributed by atoms with van der Waals surface area (Å²) in [5.74, 6) is 0.584. The molecule has 4 nitrogen and oxygen atoms in total. The standard InChI is InChI=1S/C21H20N2O2/c1-20(2)13-25-18-16(7-4-8-17(18)20)19(24)23-21(9-10-21)15-6-3-5-14(11-15)12-22/h3-8,11H,9-10,13H2,1-2H3,(H,23,24). The summed E-state index contributed by atoms with van der Waals surface area (Å²) in [4.78, 5) is 12.9. The molecule has 0 bridgehead atoms. The van der Waals surface area contributed by atoms with Gasteiger partial charge in [0, 0.05) is 11.0 Å². The van der Waals surface area contributed by atoms with Crippen molar-refractivity contribution < 1.29 is 9.53 Å². The van der Waals surface area contributed by atoms with Crippen LogP contribution in [0.3, 0.4) is 0 Å². The summed E-state index contributed by atoms with van der Waals surface area (Å²) >= 11 is 0. The molecule has 1 N–H and O–H groups in total. The number of para-hydroxylation sites is 1. The van der Waals surface area contributed by atoms with E-state index in [-0.39, 0.29) is 16.9 Å². The lowest BCUT2D eigenvalue weighted by Crippen LogP contribution is -2.35. The van der Waals surface area contributed by atoms with Crippen LogP contribution in [0.25, 0.3) is 0 Å². The zero-order valence-corrected chi connectivity index (χ0v) is 14.4. The Bertz CT molecular complexity index is 904. The minimum Gasteiger partial charge on any atom is -0.492 e. The molecular weight excluding hydrogens is 312 g/mol. The molecule has 1 saturated carbocycles. The van der Waals surface area contributed by atoms with Crippen molar-refractivity contribution >= 4 is 5.91 Å². The molecule has 4 rings (SSSR count). The van der Waals surface area contributed by atoms with E-state index in [0.29, 0.717) is 23.5 Å². The fourth-order valence-electron chi connectivity index (χ4n) is 3.52. The number of amides is 1. The normalized spacial score (nSPS) is 18.6. The lowest BCUT2D eigenvalue weighted by atomic mass is 9.86. The number of fused-ring (bicyclic) bond motifs is 1. The van der Waals surface area contributed by atoms with Gasteiger partial charge in [-0.15, -0.1) is 0 Å². The van der Waals surface area contributed by atoms with Gasteiger partial charge in [0.15, 0.2) is 0 Å². The third-order valence-electron chi connectivity index (χ3n) is 5.21. The van der Waals surface area contributed by atoms with Crippen LogP contribution in [0.4, 0.5) is 0 Å². The number of hydrogen-bond acceptors (Lipinski definition) is 3. The first kappa shape index (κ1) is 15.7. The first-order valence-corrected chi connectivity index (χ1v) is 8.55. The maximum absolute atomic E-state index is 12.9. The Balaban J connectivity index is 1.64. The minimum absolute atomic E-state index is 0.0793. The number of rotatable bonds is 3. The van der Waals surface area contributed by atoms with Crippen LogP contribution in [0.5, 0.6) is 5.75 Å². The predicted octanol–water partition coefficient (Wildman–Crippen LogP) is 3.65. The molecule has 25 heavy (non-hydrogen) atoms. The number of carbonyl (C=O) groups is 1. The molecule has 2 aromatic carbocycles. The van der Waals surface area contributed by atoms with Crippen molar-refractivity contribution in [1.82, 2.24) is 5.32 Å². The maximum atomic E-state index is 12.9. The number of nitrogens with one attached hydrogen (secondary N) is 1. The number of ether oxygens (including phenoxy) is 1. The second kappa shape index (κ2) is 5.35. The van der Waals surface area contributed by atoms with Gasteiger partial charge in [0.1, 0.15) is 5.75 Å². The average molecular weight is 332 g/mol. The van der Waals surface area contributed by atoms with Crippen LogP contribution < -0.4 is 10.1 Å². The quantitative estimate of drug-likeness (QED) is 0.933. The molecule has 1 fully saturated rings. The fraction of sp³-hybridized carbons (Fsp3) is 0.333. The lowest BCUT2D eigenvalue weighted by Gasteiger charge is -2.19. The van der Waals surface area contributed by atoms with Crippen LogP contribution in [-0.2, 0) is 11.0 Å². The van der Waals surface area contributed by atoms with E-state index in [1.165, 1.54) is 0 Å². The van der Waals surface area contributed by atoms with Crippen molar-refractivity contribution in [3.63, 3.8) is 0 Å². The van der Waals surface area contributed by atoms with Gasteiger partial charge in [-0.2, -0.15) is 5.26 Å². The van der Waals surface area contributed by atoms with Crippen LogP contribution in [0.15, 0.2) is 42.5 Å². The highest BCUT2D eigenvalue weighted by Gasteiger charge is 2.46. The molecule has 1 aliphatic heterocycles. The summed E-state index contributed by atoms with van der Waals surface area (Å²) in [5.41, 5.74) is 2.84. The SMILES string of the molecule is CC1(C)COc2c(C(=O)NC3(c4cccc(C#N)c4)CC3)cccc21. The van der Waals surface area contributed by atoms with E-state index >= 15 is 0 Å². The fourth-order valence-corrected chi connectivity index (χ4v) is 3.52. The molecule has 1 amide bonds. The van der Waals surface area contributed by atoms with Crippen molar-refractivity contribution in [3.8, 4) is 11.8 Å². The summed E-state index contributed by atoms with van der Waals surface area (Å²) < 4.78 is 5.84. The molecule has 2 aliphatic rings. The molecule has 4 heteroatoms. The van der Waals surface area contributed by atoms with Crippen LogP contribution in [0.2, 0.25) is 0 Å². The Morgan fingerprint density at radius 3 is 2.68 bits per heavy atom. The first-order chi connectivity index (χ1) is 12.0. The molecule has 1 aliphatic carbocycles. The smallest absolute Gasteiger partial charge is 0.255 e. The Labute approximate surface area is 147 Å². The van der Waals surface area contributed by atoms with Crippen molar-refractivity contribution in [1.29, 1.82) is 5.26 Å². The van der Waals surface area contributed by atoms with Gasteiger partial charge in [0.25, 0.3) is 5.91 Å². The van der Waals surface area contributed by atoms with Gasteiger partial charge in [-0.05, 0) is 36.6 Å². The van der Waals surface area contributed by atoms with E-state index in [2.05, 4.69) is 25.2 Å². The highest BCUT2D eigenvalue weighted by Crippen LogP contribution is 2.47. The predicted molar refractivity (Wildman–Crippen MR) is 94.5 cm³/mol. The monoisotopic (exact) mass is 332 g/mol. The van der Waals surface area contributed by atoms with Crippen molar-refractivity contribution in [2.75, 3.05) is 6.61 Å². The number of nitriles is 1. The van der Waals surface area contributed by atoms with Crippen LogP contribution >= 0.6 is 0 Å². The average Bonchev–Trinajstić information content (AvgIpc) is 3.33. The third-order valence-corrected chi connectivity index (χ3v) is 5.21. The van der Waals surface area contributed by atoms with E-state index in [4.69, 9.17) is 10.00 Å². The summed E-state index contributed by atoms with van der Waals surface area (Å²) in [6.45, 7) is 4.83. The molecule has 126 valence electrons. The summed E-state index contributed by atoms with van der Waals surface area (Å²) in [7, 11) is 0. The molecule has 0 spiro atoms. The number of hydrogen-bond donors (Lipinski definition) is 1. The zero-order valence-electron chi connectivity index (χ0n) is 14.4. The van der Waals surface area contributed by atoms with Crippen LogP contribution in [0, 0.1) is 11.3 Å². The molecule has 0 unspecified atom stereocenters. The second-order valence-corrected chi connectivity index (χ2v) is 7.58. The molecular formula is C21H20N2O2. The van der Waals surface area contributed by atoms with E-state index in [1.807, 2.05) is 36.4 Å². The van der Waals surface area contributed by atoms with E-state index in [0.717, 1.165) is 24.0 Å². The Morgan fingerprint density at radius 2 is 1.96 bits per heavy atom. The lowest BCUT2D eigenvalue weighted by molar-refractivity contribution is 0.0927. The molecule has 2 aromatic rings. The van der Waals surface area contributed by atoms with Crippen molar-refractivity contribution in [2.24, 2.45) is 0 Å². The third kappa shape index (κ3) is 2.56. The molecule has 0 atom stereocenters.